The van der Waals surface area contributed by atoms with Crippen LogP contribution in [-0.2, 0) is 4.79 Å². The average Bonchev–Trinajstić information content (AvgIpc) is 2.48. The molecule has 2 saturated heterocycles. The van der Waals surface area contributed by atoms with Gasteiger partial charge in [0.25, 0.3) is 0 Å². The van der Waals surface area contributed by atoms with Crippen molar-refractivity contribution >= 4 is 18.3 Å². The van der Waals surface area contributed by atoms with E-state index in [9.17, 15) is 4.79 Å². The number of halogens is 1. The predicted molar refractivity (Wildman–Crippen MR) is 94.6 cm³/mol. The molecular weight excluding hydrogens is 298 g/mol. The third kappa shape index (κ3) is 6.43. The topological polar surface area (TPSA) is 44.4 Å². The molecule has 2 fully saturated rings. The molecule has 5 heteroatoms. The van der Waals surface area contributed by atoms with Crippen LogP contribution in [0.4, 0.5) is 0 Å². The molecule has 0 aliphatic carbocycles. The third-order valence-corrected chi connectivity index (χ3v) is 5.11. The fourth-order valence-corrected chi connectivity index (χ4v) is 3.66. The van der Waals surface area contributed by atoms with Crippen LogP contribution in [0.2, 0.25) is 0 Å². The van der Waals surface area contributed by atoms with E-state index in [4.69, 9.17) is 0 Å². The highest BCUT2D eigenvalue weighted by Gasteiger charge is 2.24. The van der Waals surface area contributed by atoms with Crippen molar-refractivity contribution in [2.75, 3.05) is 26.2 Å². The first kappa shape index (κ1) is 19.7. The number of nitrogens with one attached hydrogen (secondary N) is 2. The van der Waals surface area contributed by atoms with E-state index in [-0.39, 0.29) is 24.2 Å². The monoisotopic (exact) mass is 331 g/mol. The van der Waals surface area contributed by atoms with E-state index in [1.807, 2.05) is 0 Å². The van der Waals surface area contributed by atoms with Gasteiger partial charge in [-0.3, -0.25) is 4.79 Å². The van der Waals surface area contributed by atoms with E-state index >= 15 is 0 Å². The molecule has 130 valence electrons. The Hall–Kier alpha value is -0.320. The minimum atomic E-state index is 0. The van der Waals surface area contributed by atoms with Gasteiger partial charge in [0.1, 0.15) is 0 Å². The zero-order valence-electron chi connectivity index (χ0n) is 14.3. The molecule has 2 heterocycles. The number of hydrogen-bond donors (Lipinski definition) is 2. The van der Waals surface area contributed by atoms with Gasteiger partial charge in [-0.25, -0.2) is 0 Å². The third-order valence-electron chi connectivity index (χ3n) is 5.11. The molecule has 2 rings (SSSR count). The normalized spacial score (nSPS) is 29.6. The highest BCUT2D eigenvalue weighted by molar-refractivity contribution is 5.85. The van der Waals surface area contributed by atoms with Crippen molar-refractivity contribution in [3.05, 3.63) is 0 Å². The van der Waals surface area contributed by atoms with Crippen molar-refractivity contribution in [2.45, 2.75) is 70.9 Å². The first-order valence-corrected chi connectivity index (χ1v) is 8.92. The lowest BCUT2D eigenvalue weighted by molar-refractivity contribution is -0.126. The molecule has 3 atom stereocenters. The molecule has 0 radical (unpaired) electrons. The highest BCUT2D eigenvalue weighted by atomic mass is 35.5. The Balaban J connectivity index is 0.00000242. The molecule has 0 aromatic heterocycles. The van der Waals surface area contributed by atoms with Gasteiger partial charge in [-0.15, -0.1) is 12.4 Å². The Morgan fingerprint density at radius 1 is 1.23 bits per heavy atom. The number of rotatable bonds is 6. The van der Waals surface area contributed by atoms with E-state index in [1.54, 1.807) is 0 Å². The predicted octanol–water partition coefficient (Wildman–Crippen LogP) is 2.57. The Bertz CT molecular complexity index is 327. The zero-order valence-corrected chi connectivity index (χ0v) is 15.1. The summed E-state index contributed by atoms with van der Waals surface area (Å²) in [4.78, 5) is 14.7. The van der Waals surface area contributed by atoms with Crippen molar-refractivity contribution in [3.8, 4) is 0 Å². The summed E-state index contributed by atoms with van der Waals surface area (Å²) in [5, 5.41) is 6.53. The quantitative estimate of drug-likeness (QED) is 0.735. The molecule has 0 aromatic carbocycles. The van der Waals surface area contributed by atoms with Gasteiger partial charge >= 0.3 is 0 Å². The molecule has 0 spiro atoms. The van der Waals surface area contributed by atoms with E-state index in [0.29, 0.717) is 6.04 Å². The summed E-state index contributed by atoms with van der Waals surface area (Å²) in [5.41, 5.74) is 0. The van der Waals surface area contributed by atoms with Crippen molar-refractivity contribution in [1.29, 1.82) is 0 Å². The molecule has 1 amide bonds. The maximum absolute atomic E-state index is 12.1. The number of piperidine rings is 2. The van der Waals surface area contributed by atoms with Crippen molar-refractivity contribution in [1.82, 2.24) is 15.5 Å². The summed E-state index contributed by atoms with van der Waals surface area (Å²) in [6.45, 7) is 8.80. The Kier molecular flexibility index (Phi) is 9.37. The maximum Gasteiger partial charge on any atom is 0.223 e. The zero-order chi connectivity index (χ0) is 15.1. The van der Waals surface area contributed by atoms with Crippen LogP contribution in [0.3, 0.4) is 0 Å². The molecule has 22 heavy (non-hydrogen) atoms. The van der Waals surface area contributed by atoms with E-state index in [1.165, 1.54) is 38.8 Å². The Labute approximate surface area is 142 Å². The summed E-state index contributed by atoms with van der Waals surface area (Å²) in [6, 6.07) is 1.24. The minimum Gasteiger partial charge on any atom is -0.356 e. The van der Waals surface area contributed by atoms with Crippen molar-refractivity contribution < 1.29 is 4.79 Å². The molecule has 2 aliphatic rings. The van der Waals surface area contributed by atoms with Gasteiger partial charge in [0.15, 0.2) is 0 Å². The second-order valence-electron chi connectivity index (χ2n) is 6.96. The summed E-state index contributed by atoms with van der Waals surface area (Å²) in [5.74, 6) is 0.498. The van der Waals surface area contributed by atoms with Crippen LogP contribution < -0.4 is 10.6 Å². The fraction of sp³-hybridized carbons (Fsp3) is 0.941. The number of amides is 1. The maximum atomic E-state index is 12.1. The molecule has 2 N–H and O–H groups in total. The summed E-state index contributed by atoms with van der Waals surface area (Å²) < 4.78 is 0. The second kappa shape index (κ2) is 10.5. The number of unbranched alkanes of at least 4 members (excludes halogenated alkanes) is 1. The van der Waals surface area contributed by atoms with E-state index < -0.39 is 0 Å². The lowest BCUT2D eigenvalue weighted by atomic mass is 9.92. The summed E-state index contributed by atoms with van der Waals surface area (Å²) in [6.07, 6.45) is 8.38. The van der Waals surface area contributed by atoms with Gasteiger partial charge in [-0.2, -0.15) is 0 Å². The van der Waals surface area contributed by atoms with Gasteiger partial charge in [0, 0.05) is 24.5 Å². The Morgan fingerprint density at radius 2 is 2.05 bits per heavy atom. The van der Waals surface area contributed by atoms with Crippen LogP contribution in [0.25, 0.3) is 0 Å². The molecule has 2 aliphatic heterocycles. The van der Waals surface area contributed by atoms with Gasteiger partial charge in [-0.05, 0) is 72.0 Å². The van der Waals surface area contributed by atoms with Crippen LogP contribution in [0.5, 0.6) is 0 Å². The molecule has 4 nitrogen and oxygen atoms in total. The van der Waals surface area contributed by atoms with Gasteiger partial charge < -0.3 is 15.5 Å². The van der Waals surface area contributed by atoms with Crippen LogP contribution in [-0.4, -0.2) is 49.1 Å². The number of likely N-dealkylation sites (tertiary alicyclic amines) is 1. The fourth-order valence-electron chi connectivity index (χ4n) is 3.66. The molecule has 0 bridgehead atoms. The average molecular weight is 332 g/mol. The number of carbonyl (C=O) groups excluding carboxylic acids is 1. The lowest BCUT2D eigenvalue weighted by Crippen LogP contribution is -2.42. The summed E-state index contributed by atoms with van der Waals surface area (Å²) in [7, 11) is 0. The number of carbonyl (C=O) groups is 1. The highest BCUT2D eigenvalue weighted by Crippen LogP contribution is 2.17. The van der Waals surface area contributed by atoms with E-state index in [2.05, 4.69) is 29.4 Å². The smallest absolute Gasteiger partial charge is 0.223 e. The van der Waals surface area contributed by atoms with Crippen molar-refractivity contribution in [3.63, 3.8) is 0 Å². The molecule has 1 unspecified atom stereocenters. The van der Waals surface area contributed by atoms with Gasteiger partial charge in [0.05, 0.1) is 0 Å². The minimum absolute atomic E-state index is 0. The lowest BCUT2D eigenvalue weighted by Gasteiger charge is -2.33. The number of hydrogen-bond acceptors (Lipinski definition) is 3. The SMILES string of the molecule is CC1CCCCN1CCCCNC(=O)[C@H]1CCN[C@@H](C)C1.Cl. The first-order valence-electron chi connectivity index (χ1n) is 8.92. The van der Waals surface area contributed by atoms with Crippen LogP contribution in [0.15, 0.2) is 0 Å². The second-order valence-corrected chi connectivity index (χ2v) is 6.96. The van der Waals surface area contributed by atoms with Crippen molar-refractivity contribution in [2.24, 2.45) is 5.92 Å². The van der Waals surface area contributed by atoms with Crippen LogP contribution >= 0.6 is 12.4 Å². The van der Waals surface area contributed by atoms with E-state index in [0.717, 1.165) is 38.4 Å². The number of nitrogens with zero attached hydrogens (tertiary/aromatic N) is 1. The summed E-state index contributed by atoms with van der Waals surface area (Å²) >= 11 is 0. The van der Waals surface area contributed by atoms with Gasteiger partial charge in [-0.1, -0.05) is 6.42 Å². The van der Waals surface area contributed by atoms with Crippen LogP contribution in [0.1, 0.15) is 58.8 Å². The first-order chi connectivity index (χ1) is 10.2. The van der Waals surface area contributed by atoms with Gasteiger partial charge in [0.2, 0.25) is 5.91 Å². The largest absolute Gasteiger partial charge is 0.356 e. The molecular formula is C17H34ClN3O. The Morgan fingerprint density at radius 3 is 2.77 bits per heavy atom. The molecule has 0 aromatic rings. The van der Waals surface area contributed by atoms with Crippen LogP contribution in [0, 0.1) is 5.92 Å². The standard InChI is InChI=1S/C17H33N3O.ClH/c1-14-13-16(8-10-18-14)17(21)19-9-4-6-12-20-11-5-3-7-15(20)2;/h14-16,18H,3-13H2,1-2H3,(H,19,21);1H/t14-,15?,16-;/m0./s1. The molecule has 0 saturated carbocycles.